The van der Waals surface area contributed by atoms with Crippen LogP contribution in [0.25, 0.3) is 0 Å². The van der Waals surface area contributed by atoms with E-state index in [4.69, 9.17) is 10.5 Å². The quantitative estimate of drug-likeness (QED) is 0.913. The van der Waals surface area contributed by atoms with Gasteiger partial charge in [-0.1, -0.05) is 19.8 Å². The number of aromatic nitrogens is 1. The van der Waals surface area contributed by atoms with E-state index in [1.165, 1.54) is 12.8 Å². The van der Waals surface area contributed by atoms with Crippen LogP contribution in [0.3, 0.4) is 0 Å². The smallest absolute Gasteiger partial charge is 0.0944 e. The fourth-order valence-corrected chi connectivity index (χ4v) is 3.92. The lowest BCUT2D eigenvalue weighted by molar-refractivity contribution is -0.0705. The second-order valence-electron chi connectivity index (χ2n) is 5.66. The lowest BCUT2D eigenvalue weighted by atomic mass is 9.74. The number of hydrogen-bond acceptors (Lipinski definition) is 4. The van der Waals surface area contributed by atoms with E-state index in [1.54, 1.807) is 11.3 Å². The lowest BCUT2D eigenvalue weighted by Crippen LogP contribution is -2.53. The fraction of sp³-hybridized carbons (Fsp3) is 0.786. The third-order valence-electron chi connectivity index (χ3n) is 4.13. The van der Waals surface area contributed by atoms with Crippen LogP contribution < -0.4 is 5.73 Å². The number of aryl methyl sites for hydroxylation is 1. The van der Waals surface area contributed by atoms with Gasteiger partial charge < -0.3 is 10.5 Å². The molecule has 102 valence electrons. The Labute approximate surface area is 114 Å². The second kappa shape index (κ2) is 5.68. The van der Waals surface area contributed by atoms with Crippen LogP contribution in [0.5, 0.6) is 0 Å². The van der Waals surface area contributed by atoms with Gasteiger partial charge in [-0.2, -0.15) is 0 Å². The second-order valence-corrected chi connectivity index (χ2v) is 6.61. The van der Waals surface area contributed by atoms with Crippen LogP contribution >= 0.6 is 11.3 Å². The summed E-state index contributed by atoms with van der Waals surface area (Å²) < 4.78 is 5.84. The lowest BCUT2D eigenvalue weighted by Gasteiger charge is -2.43. The molecule has 0 saturated heterocycles. The predicted octanol–water partition coefficient (Wildman–Crippen LogP) is 2.92. The third-order valence-corrected chi connectivity index (χ3v) is 5.12. The minimum Gasteiger partial charge on any atom is -0.377 e. The monoisotopic (exact) mass is 268 g/mol. The molecule has 1 heterocycles. The molecule has 18 heavy (non-hydrogen) atoms. The predicted molar refractivity (Wildman–Crippen MR) is 75.9 cm³/mol. The molecule has 1 aromatic heterocycles. The molecule has 0 bridgehead atoms. The molecular weight excluding hydrogens is 244 g/mol. The SMILES string of the molecule is COC1(C(N)Cc2nc(C)cs2)CCCC(C)C1. The van der Waals surface area contributed by atoms with Crippen LogP contribution in [0.2, 0.25) is 0 Å². The van der Waals surface area contributed by atoms with Gasteiger partial charge in [-0.05, 0) is 25.7 Å². The number of rotatable bonds is 4. The van der Waals surface area contributed by atoms with E-state index in [0.717, 1.165) is 30.0 Å². The first kappa shape index (κ1) is 14.0. The van der Waals surface area contributed by atoms with Crippen molar-refractivity contribution in [3.05, 3.63) is 16.1 Å². The molecule has 0 aliphatic heterocycles. The van der Waals surface area contributed by atoms with Crippen molar-refractivity contribution in [1.29, 1.82) is 0 Å². The fourth-order valence-electron chi connectivity index (χ4n) is 3.09. The van der Waals surface area contributed by atoms with Crippen LogP contribution in [0.1, 0.15) is 43.3 Å². The van der Waals surface area contributed by atoms with Crippen molar-refractivity contribution in [3.63, 3.8) is 0 Å². The molecule has 0 aromatic carbocycles. The summed E-state index contributed by atoms with van der Waals surface area (Å²) in [5, 5.41) is 3.22. The van der Waals surface area contributed by atoms with Crippen molar-refractivity contribution in [2.75, 3.05) is 7.11 Å². The maximum Gasteiger partial charge on any atom is 0.0944 e. The highest BCUT2D eigenvalue weighted by molar-refractivity contribution is 7.09. The van der Waals surface area contributed by atoms with Gasteiger partial charge in [-0.25, -0.2) is 4.98 Å². The molecule has 0 radical (unpaired) electrons. The van der Waals surface area contributed by atoms with Crippen LogP contribution in [0, 0.1) is 12.8 Å². The topological polar surface area (TPSA) is 48.1 Å². The molecule has 1 fully saturated rings. The molecule has 1 saturated carbocycles. The van der Waals surface area contributed by atoms with Crippen molar-refractivity contribution in [3.8, 4) is 0 Å². The summed E-state index contributed by atoms with van der Waals surface area (Å²) in [7, 11) is 1.81. The highest BCUT2D eigenvalue weighted by Gasteiger charge is 2.40. The standard InChI is InChI=1S/C14H24N2OS/c1-10-5-4-6-14(8-10,17-3)12(15)7-13-16-11(2)9-18-13/h9-10,12H,4-8,15H2,1-3H3. The highest BCUT2D eigenvalue weighted by Crippen LogP contribution is 2.37. The molecule has 4 heteroatoms. The average Bonchev–Trinajstić information content (AvgIpc) is 2.74. The number of nitrogens with two attached hydrogens (primary N) is 1. The largest absolute Gasteiger partial charge is 0.377 e. The normalized spacial score (nSPS) is 30.3. The maximum atomic E-state index is 6.44. The molecule has 1 aliphatic carbocycles. The molecule has 1 aromatic rings. The Morgan fingerprint density at radius 1 is 1.67 bits per heavy atom. The van der Waals surface area contributed by atoms with E-state index in [9.17, 15) is 0 Å². The third kappa shape index (κ3) is 2.92. The first-order chi connectivity index (χ1) is 8.55. The minimum absolute atomic E-state index is 0.0517. The number of methoxy groups -OCH3 is 1. The van der Waals surface area contributed by atoms with E-state index in [-0.39, 0.29) is 11.6 Å². The summed E-state index contributed by atoms with van der Waals surface area (Å²) in [6.07, 6.45) is 5.52. The van der Waals surface area contributed by atoms with E-state index in [2.05, 4.69) is 17.3 Å². The number of hydrogen-bond donors (Lipinski definition) is 1. The molecule has 3 nitrogen and oxygen atoms in total. The van der Waals surface area contributed by atoms with Crippen molar-refractivity contribution in [2.45, 2.75) is 57.6 Å². The van der Waals surface area contributed by atoms with Gasteiger partial charge in [0.05, 0.1) is 10.6 Å². The summed E-state index contributed by atoms with van der Waals surface area (Å²) in [5.41, 5.74) is 7.39. The molecule has 1 aliphatic rings. The van der Waals surface area contributed by atoms with Gasteiger partial charge in [-0.3, -0.25) is 0 Å². The van der Waals surface area contributed by atoms with Crippen molar-refractivity contribution < 1.29 is 4.74 Å². The molecule has 3 unspecified atom stereocenters. The summed E-state index contributed by atoms with van der Waals surface area (Å²) in [6, 6.07) is 0.0517. The zero-order valence-electron chi connectivity index (χ0n) is 11.6. The Morgan fingerprint density at radius 2 is 2.44 bits per heavy atom. The number of ether oxygens (including phenoxy) is 1. The summed E-state index contributed by atoms with van der Waals surface area (Å²) in [6.45, 7) is 4.33. The van der Waals surface area contributed by atoms with Gasteiger partial charge in [0.1, 0.15) is 0 Å². The Balaban J connectivity index is 2.07. The van der Waals surface area contributed by atoms with E-state index in [0.29, 0.717) is 5.92 Å². The van der Waals surface area contributed by atoms with Gasteiger partial charge in [-0.15, -0.1) is 11.3 Å². The van der Waals surface area contributed by atoms with Crippen LogP contribution in [-0.2, 0) is 11.2 Å². The Hall–Kier alpha value is -0.450. The van der Waals surface area contributed by atoms with Gasteiger partial charge in [0, 0.05) is 30.6 Å². The van der Waals surface area contributed by atoms with Crippen molar-refractivity contribution in [2.24, 2.45) is 11.7 Å². The summed E-state index contributed by atoms with van der Waals surface area (Å²) >= 11 is 1.71. The number of nitrogens with zero attached hydrogens (tertiary/aromatic N) is 1. The van der Waals surface area contributed by atoms with E-state index < -0.39 is 0 Å². The molecule has 0 spiro atoms. The average molecular weight is 268 g/mol. The zero-order chi connectivity index (χ0) is 13.2. The molecule has 3 atom stereocenters. The molecule has 2 rings (SSSR count). The van der Waals surface area contributed by atoms with Gasteiger partial charge in [0.25, 0.3) is 0 Å². The summed E-state index contributed by atoms with van der Waals surface area (Å²) in [4.78, 5) is 4.51. The highest BCUT2D eigenvalue weighted by atomic mass is 32.1. The minimum atomic E-state index is -0.142. The van der Waals surface area contributed by atoms with Gasteiger partial charge in [0.2, 0.25) is 0 Å². The van der Waals surface area contributed by atoms with Gasteiger partial charge in [0.15, 0.2) is 0 Å². The number of thiazole rings is 1. The van der Waals surface area contributed by atoms with Gasteiger partial charge >= 0.3 is 0 Å². The summed E-state index contributed by atoms with van der Waals surface area (Å²) in [5.74, 6) is 0.711. The first-order valence-electron chi connectivity index (χ1n) is 6.77. The van der Waals surface area contributed by atoms with Crippen LogP contribution in [0.15, 0.2) is 5.38 Å². The van der Waals surface area contributed by atoms with Crippen LogP contribution in [0.4, 0.5) is 0 Å². The maximum absolute atomic E-state index is 6.44. The zero-order valence-corrected chi connectivity index (χ0v) is 12.4. The molecule has 0 amide bonds. The molecular formula is C14H24N2OS. The molecule has 2 N–H and O–H groups in total. The Kier molecular flexibility index (Phi) is 4.41. The first-order valence-corrected chi connectivity index (χ1v) is 7.65. The Morgan fingerprint density at radius 3 is 3.00 bits per heavy atom. The van der Waals surface area contributed by atoms with Crippen LogP contribution in [-0.4, -0.2) is 23.7 Å². The van der Waals surface area contributed by atoms with Crippen molar-refractivity contribution >= 4 is 11.3 Å². The van der Waals surface area contributed by atoms with E-state index >= 15 is 0 Å². The Bertz CT molecular complexity index is 393. The van der Waals surface area contributed by atoms with Crippen molar-refractivity contribution in [1.82, 2.24) is 4.98 Å². The van der Waals surface area contributed by atoms with E-state index in [1.807, 2.05) is 14.0 Å².